The number of hydrogen-bond donors (Lipinski definition) is 4. The van der Waals surface area contributed by atoms with Crippen LogP contribution >= 0.6 is 22.9 Å². The SMILES string of the molecule is CNCP(=O)(OCC1CN(C(C)=O)CC(C)O1)N1CC(C)OC(COP(=O)(N(C)C)N2CC(C)OC(COP(=O)(N(C)C)N3CCN(C(=O)CCC(=O)C(CCCNC(N)=O)NC(C)=O)CC3)C2)C1. The van der Waals surface area contributed by atoms with Gasteiger partial charge in [0, 0.05) is 98.7 Å². The molecule has 5 N–H and O–H groups in total. The van der Waals surface area contributed by atoms with Crippen molar-refractivity contribution in [1.29, 1.82) is 0 Å². The fourth-order valence-electron chi connectivity index (χ4n) is 8.80. The molecule has 0 bridgehead atoms. The monoisotopic (exact) mass is 1040 g/mol. The summed E-state index contributed by atoms with van der Waals surface area (Å²) in [4.78, 5) is 64.4. The summed E-state index contributed by atoms with van der Waals surface area (Å²) in [6.07, 6.45) is -2.09. The number of nitrogens with zero attached hydrogens (tertiary/aromatic N) is 7. The number of rotatable bonds is 25. The lowest BCUT2D eigenvalue weighted by Gasteiger charge is -2.44. The van der Waals surface area contributed by atoms with Gasteiger partial charge in [0.25, 0.3) is 7.52 Å². The van der Waals surface area contributed by atoms with E-state index in [0.717, 1.165) is 0 Å². The first-order valence-electron chi connectivity index (χ1n) is 23.7. The van der Waals surface area contributed by atoms with E-state index in [1.165, 1.54) is 23.2 Å². The Hall–Kier alpha value is -2.44. The predicted octanol–water partition coefficient (Wildman–Crippen LogP) is 1.01. The van der Waals surface area contributed by atoms with E-state index in [1.54, 1.807) is 59.0 Å². The number of nitrogens with one attached hydrogen (secondary N) is 3. The fraction of sp³-hybridized carbons (Fsp3) is 0.878. The Morgan fingerprint density at radius 3 is 1.71 bits per heavy atom. The number of morpholine rings is 3. The third-order valence-corrected chi connectivity index (χ3v) is 19.8. The number of ether oxygens (including phenoxy) is 3. The maximum Gasteiger partial charge on any atom is 0.345 e. The number of amides is 5. The van der Waals surface area contributed by atoms with Gasteiger partial charge in [0.2, 0.25) is 17.7 Å². The third kappa shape index (κ3) is 17.3. The molecule has 0 aromatic heterocycles. The summed E-state index contributed by atoms with van der Waals surface area (Å²) >= 11 is 0. The molecule has 10 atom stereocenters. The molecule has 0 aromatic carbocycles. The number of carbonyl (C=O) groups excluding carboxylic acids is 5. The zero-order valence-corrected chi connectivity index (χ0v) is 44.9. The van der Waals surface area contributed by atoms with E-state index in [2.05, 4.69) is 16.0 Å². The molecule has 398 valence electrons. The number of ketones is 1. The Balaban J connectivity index is 1.32. The molecule has 28 heteroatoms. The summed E-state index contributed by atoms with van der Waals surface area (Å²) in [6, 6.07) is -1.49. The van der Waals surface area contributed by atoms with Gasteiger partial charge in [0.15, 0.2) is 5.78 Å². The topological polar surface area (TPSA) is 277 Å². The van der Waals surface area contributed by atoms with Gasteiger partial charge in [-0.2, -0.15) is 0 Å². The Labute approximate surface area is 408 Å². The van der Waals surface area contributed by atoms with Crippen LogP contribution < -0.4 is 21.7 Å². The number of Topliss-reactive ketones (excluding diaryl/α,β-unsaturated/α-hetero) is 1. The molecule has 0 spiro atoms. The lowest BCUT2D eigenvalue weighted by Crippen LogP contribution is -2.51. The van der Waals surface area contributed by atoms with Crippen LogP contribution in [0.3, 0.4) is 0 Å². The van der Waals surface area contributed by atoms with Gasteiger partial charge in [-0.25, -0.2) is 28.1 Å². The number of hydrogen-bond acceptors (Lipinski definition) is 15. The quantitative estimate of drug-likeness (QED) is 0.0734. The van der Waals surface area contributed by atoms with Crippen molar-refractivity contribution < 1.29 is 65.4 Å². The molecule has 4 saturated heterocycles. The summed E-state index contributed by atoms with van der Waals surface area (Å²) < 4.78 is 89.5. The highest BCUT2D eigenvalue weighted by molar-refractivity contribution is 7.56. The summed E-state index contributed by atoms with van der Waals surface area (Å²) in [5, 5.41) is 8.07. The van der Waals surface area contributed by atoms with E-state index in [0.29, 0.717) is 26.1 Å². The third-order valence-electron chi connectivity index (χ3n) is 12.1. The second-order valence-electron chi connectivity index (χ2n) is 18.6. The maximum absolute atomic E-state index is 14.9. The van der Waals surface area contributed by atoms with Crippen LogP contribution in [0.1, 0.15) is 60.3 Å². The molecule has 4 fully saturated rings. The molecule has 4 aliphatic rings. The van der Waals surface area contributed by atoms with Gasteiger partial charge in [0.05, 0.1) is 68.8 Å². The summed E-state index contributed by atoms with van der Waals surface area (Å²) in [6.45, 7) is 11.1. The molecule has 0 aromatic rings. The van der Waals surface area contributed by atoms with Gasteiger partial charge >= 0.3 is 21.4 Å². The highest BCUT2D eigenvalue weighted by atomic mass is 31.2. The molecule has 5 amide bonds. The Morgan fingerprint density at radius 2 is 1.19 bits per heavy atom. The molecular formula is C41H80N11O14P3. The number of urea groups is 1. The number of nitrogens with two attached hydrogens (primary N) is 1. The van der Waals surface area contributed by atoms with Crippen LogP contribution in [0, 0.1) is 0 Å². The van der Waals surface area contributed by atoms with Crippen molar-refractivity contribution in [2.24, 2.45) is 5.73 Å². The van der Waals surface area contributed by atoms with Crippen LogP contribution in [0.5, 0.6) is 0 Å². The molecule has 4 aliphatic heterocycles. The largest absolute Gasteiger partial charge is 0.370 e. The van der Waals surface area contributed by atoms with Crippen molar-refractivity contribution in [1.82, 2.24) is 49.1 Å². The molecule has 69 heavy (non-hydrogen) atoms. The smallest absolute Gasteiger partial charge is 0.345 e. The second kappa shape index (κ2) is 27.0. The Bertz CT molecular complexity index is 1880. The standard InChI is InChI=1S/C41H80N11O14P3/c1-30-20-49(34(5)54)23-35(64-30)26-61-67(58,29-43-6)51-21-31(2)65-36(24-51)27-63-69(60,47(9)10)52-22-32(3)66-37(25-52)28-62-68(59,46(7)8)50-18-16-48(17-19-50)40(56)14-13-39(55)38(45-33(4)53)12-11-15-44-41(42)57/h30-32,35-38,43H,11-29H2,1-10H3,(H,45,53)(H3,42,44,57). The van der Waals surface area contributed by atoms with E-state index in [-0.39, 0.29) is 133 Å². The second-order valence-corrected chi connectivity index (χ2v) is 26.2. The number of primary amides is 1. The van der Waals surface area contributed by atoms with Gasteiger partial charge in [-0.15, -0.1) is 0 Å². The molecule has 25 nitrogen and oxygen atoms in total. The Kier molecular flexibility index (Phi) is 23.2. The first-order valence-corrected chi connectivity index (χ1v) is 28.5. The minimum atomic E-state index is -3.73. The van der Waals surface area contributed by atoms with E-state index in [4.69, 9.17) is 33.5 Å². The highest BCUT2D eigenvalue weighted by Crippen LogP contribution is 2.56. The van der Waals surface area contributed by atoms with Crippen molar-refractivity contribution in [3.8, 4) is 0 Å². The van der Waals surface area contributed by atoms with Crippen molar-refractivity contribution in [2.45, 2.75) is 103 Å². The lowest BCUT2D eigenvalue weighted by molar-refractivity contribution is -0.144. The highest BCUT2D eigenvalue weighted by Gasteiger charge is 2.45. The average molecular weight is 1040 g/mol. The van der Waals surface area contributed by atoms with E-state index in [9.17, 15) is 37.7 Å². The normalized spacial score (nSPS) is 27.5. The average Bonchev–Trinajstić information content (AvgIpc) is 3.28. The van der Waals surface area contributed by atoms with E-state index < -0.39 is 59.3 Å². The van der Waals surface area contributed by atoms with Gasteiger partial charge in [-0.3, -0.25) is 32.9 Å². The summed E-state index contributed by atoms with van der Waals surface area (Å²) in [5.74, 6) is -0.995. The fourth-order valence-corrected chi connectivity index (χ4v) is 15.0. The minimum Gasteiger partial charge on any atom is -0.370 e. The zero-order valence-electron chi connectivity index (χ0n) is 42.2. The van der Waals surface area contributed by atoms with Crippen LogP contribution in [-0.2, 0) is 60.7 Å². The van der Waals surface area contributed by atoms with Crippen LogP contribution in [-0.4, -0.2) is 239 Å². The molecule has 4 rings (SSSR count). The zero-order chi connectivity index (χ0) is 51.3. The maximum atomic E-state index is 14.9. The first-order chi connectivity index (χ1) is 32.4. The summed E-state index contributed by atoms with van der Waals surface area (Å²) in [7, 11) is -2.53. The van der Waals surface area contributed by atoms with Crippen molar-refractivity contribution in [3.05, 3.63) is 0 Å². The van der Waals surface area contributed by atoms with E-state index in [1.807, 2.05) is 20.8 Å². The van der Waals surface area contributed by atoms with Crippen molar-refractivity contribution in [2.75, 3.05) is 133 Å². The Morgan fingerprint density at radius 1 is 0.681 bits per heavy atom. The van der Waals surface area contributed by atoms with Crippen LogP contribution in [0.15, 0.2) is 0 Å². The van der Waals surface area contributed by atoms with Crippen molar-refractivity contribution in [3.63, 3.8) is 0 Å². The van der Waals surface area contributed by atoms with Gasteiger partial charge < -0.3 is 59.3 Å². The molecule has 10 unspecified atom stereocenters. The molecule has 0 radical (unpaired) electrons. The molecule has 0 aliphatic carbocycles. The van der Waals surface area contributed by atoms with Crippen LogP contribution in [0.4, 0.5) is 4.79 Å². The first kappa shape index (κ1) is 59.1. The molecule has 0 saturated carbocycles. The minimum absolute atomic E-state index is 0.0231. The van der Waals surface area contributed by atoms with Crippen LogP contribution in [0.25, 0.3) is 0 Å². The van der Waals surface area contributed by atoms with Gasteiger partial charge in [-0.05, 0) is 68.9 Å². The lowest BCUT2D eigenvalue weighted by atomic mass is 10.0. The number of piperazine rings is 1. The van der Waals surface area contributed by atoms with Crippen LogP contribution in [0.2, 0.25) is 0 Å². The van der Waals surface area contributed by atoms with Gasteiger partial charge in [-0.1, -0.05) is 0 Å². The predicted molar refractivity (Wildman–Crippen MR) is 257 cm³/mol. The van der Waals surface area contributed by atoms with E-state index >= 15 is 0 Å². The molecule has 4 heterocycles. The van der Waals surface area contributed by atoms with Crippen molar-refractivity contribution >= 4 is 52.4 Å². The molecular weight excluding hydrogens is 963 g/mol. The van der Waals surface area contributed by atoms with Gasteiger partial charge in [0.1, 0.15) is 0 Å². The summed E-state index contributed by atoms with van der Waals surface area (Å²) in [5.41, 5.74) is 5.10. The number of carbonyl (C=O) groups is 5.